The van der Waals surface area contributed by atoms with Gasteiger partial charge in [-0.05, 0) is 24.2 Å². The third kappa shape index (κ3) is 1.41. The SMILES string of the molecule is C[C@@H]1C(O)O[C@H]2C[C@]34[C@H]5C[C@@H](C(C)(C)C)[C@@]36[C@@H](OC(=O)[C@@H]6O)O[C@@]4(C(=O)O5)[C@]21O. The molecule has 2 spiro atoms. The molecule has 0 aromatic carbocycles. The molecule has 2 aliphatic carbocycles. The average Bonchev–Trinajstić information content (AvgIpc) is 3.31. The van der Waals surface area contributed by atoms with Gasteiger partial charge in [-0.15, -0.1) is 0 Å². The summed E-state index contributed by atoms with van der Waals surface area (Å²) in [5, 5.41) is 33.4. The van der Waals surface area contributed by atoms with Crippen molar-refractivity contribution in [1.82, 2.24) is 0 Å². The molecule has 6 rings (SSSR count). The van der Waals surface area contributed by atoms with Gasteiger partial charge in [0, 0.05) is 5.92 Å². The zero-order valence-electron chi connectivity index (χ0n) is 16.7. The van der Waals surface area contributed by atoms with Gasteiger partial charge >= 0.3 is 11.9 Å². The molecule has 0 amide bonds. The van der Waals surface area contributed by atoms with Gasteiger partial charge in [0.2, 0.25) is 11.9 Å². The highest BCUT2D eigenvalue weighted by atomic mass is 16.8. The molecule has 4 heterocycles. The molecule has 3 N–H and O–H groups in total. The second kappa shape index (κ2) is 4.65. The van der Waals surface area contributed by atoms with Gasteiger partial charge in [0.15, 0.2) is 12.4 Å². The standard InChI is InChI=1S/C20H26O9/c1-7-12(22)26-10-6-17-9-5-8(16(2,3)4)18(17)11(21)13(23)28-15(18)29-20(17,14(24)27-9)19(7,10)25/h7-12,15,21-22,25H,5-6H2,1-4H3/t7-,8+,9-,10+,11+,12?,15+,17+,18-,19-,20-/m1/s1. The smallest absolute Gasteiger partial charge is 0.342 e. The Morgan fingerprint density at radius 1 is 1.10 bits per heavy atom. The second-order valence-electron chi connectivity index (χ2n) is 10.8. The molecule has 9 nitrogen and oxygen atoms in total. The normalized spacial score (nSPS) is 62.0. The molecule has 6 aliphatic rings. The average molecular weight is 410 g/mol. The van der Waals surface area contributed by atoms with Crippen molar-refractivity contribution in [2.24, 2.45) is 28.1 Å². The number of rotatable bonds is 0. The van der Waals surface area contributed by atoms with E-state index in [1.54, 1.807) is 6.92 Å². The number of ether oxygens (including phenoxy) is 4. The second-order valence-corrected chi connectivity index (χ2v) is 10.8. The summed E-state index contributed by atoms with van der Waals surface area (Å²) >= 11 is 0. The molecule has 4 saturated heterocycles. The molecule has 4 aliphatic heterocycles. The van der Waals surface area contributed by atoms with Crippen molar-refractivity contribution in [3.05, 3.63) is 0 Å². The molecule has 1 unspecified atom stereocenters. The van der Waals surface area contributed by atoms with Crippen LogP contribution in [0.1, 0.15) is 40.5 Å². The maximum absolute atomic E-state index is 13.3. The van der Waals surface area contributed by atoms with E-state index in [0.29, 0.717) is 6.42 Å². The van der Waals surface area contributed by atoms with Crippen molar-refractivity contribution < 1.29 is 43.9 Å². The lowest BCUT2D eigenvalue weighted by molar-refractivity contribution is -0.238. The summed E-state index contributed by atoms with van der Waals surface area (Å²) in [6.07, 6.45) is -4.96. The quantitative estimate of drug-likeness (QED) is 0.450. The Labute approximate surface area is 167 Å². The van der Waals surface area contributed by atoms with Crippen molar-refractivity contribution in [2.45, 2.75) is 82.6 Å². The van der Waals surface area contributed by atoms with Gasteiger partial charge in [-0.25, -0.2) is 9.59 Å². The fraction of sp³-hybridized carbons (Fsp3) is 0.900. The summed E-state index contributed by atoms with van der Waals surface area (Å²) in [6, 6.07) is 0. The topological polar surface area (TPSA) is 132 Å². The maximum atomic E-state index is 13.3. The van der Waals surface area contributed by atoms with Crippen LogP contribution in [0.25, 0.3) is 0 Å². The Morgan fingerprint density at radius 2 is 1.79 bits per heavy atom. The van der Waals surface area contributed by atoms with Gasteiger partial charge in [-0.2, -0.15) is 0 Å². The van der Waals surface area contributed by atoms with E-state index in [1.165, 1.54) is 0 Å². The lowest BCUT2D eigenvalue weighted by Gasteiger charge is -2.46. The van der Waals surface area contributed by atoms with Crippen molar-refractivity contribution in [1.29, 1.82) is 0 Å². The van der Waals surface area contributed by atoms with E-state index < -0.39 is 70.8 Å². The van der Waals surface area contributed by atoms with Crippen LogP contribution in [0.5, 0.6) is 0 Å². The fourth-order valence-electron chi connectivity index (χ4n) is 8.19. The summed E-state index contributed by atoms with van der Waals surface area (Å²) in [6.45, 7) is 7.62. The van der Waals surface area contributed by atoms with Crippen molar-refractivity contribution in [2.75, 3.05) is 0 Å². The number of hydrogen-bond acceptors (Lipinski definition) is 9. The van der Waals surface area contributed by atoms with Crippen LogP contribution in [0.2, 0.25) is 0 Å². The Balaban J connectivity index is 1.67. The summed E-state index contributed by atoms with van der Waals surface area (Å²) < 4.78 is 23.2. The highest BCUT2D eigenvalue weighted by molar-refractivity contribution is 5.91. The number of hydrogen-bond donors (Lipinski definition) is 3. The van der Waals surface area contributed by atoms with Gasteiger partial charge in [0.05, 0.1) is 16.9 Å². The van der Waals surface area contributed by atoms with Crippen LogP contribution < -0.4 is 0 Å². The van der Waals surface area contributed by atoms with E-state index in [9.17, 15) is 24.9 Å². The Morgan fingerprint density at radius 3 is 2.45 bits per heavy atom. The summed E-state index contributed by atoms with van der Waals surface area (Å²) in [4.78, 5) is 25.9. The molecule has 9 heteroatoms. The zero-order valence-corrected chi connectivity index (χ0v) is 16.7. The number of carbonyl (C=O) groups excluding carboxylic acids is 2. The van der Waals surface area contributed by atoms with Crippen molar-refractivity contribution in [3.63, 3.8) is 0 Å². The Hall–Kier alpha value is -1.26. The van der Waals surface area contributed by atoms with Gasteiger partial charge in [0.25, 0.3) is 0 Å². The van der Waals surface area contributed by atoms with Crippen LogP contribution in [0, 0.1) is 28.1 Å². The molecule has 0 bridgehead atoms. The summed E-state index contributed by atoms with van der Waals surface area (Å²) in [5.41, 5.74) is -6.57. The Kier molecular flexibility index (Phi) is 2.97. The zero-order chi connectivity index (χ0) is 20.9. The predicted octanol–water partition coefficient (Wildman–Crippen LogP) is -0.548. The summed E-state index contributed by atoms with van der Waals surface area (Å²) in [7, 11) is 0. The molecule has 29 heavy (non-hydrogen) atoms. The largest absolute Gasteiger partial charge is 0.459 e. The minimum Gasteiger partial charge on any atom is -0.459 e. The van der Waals surface area contributed by atoms with E-state index in [1.807, 2.05) is 20.8 Å². The van der Waals surface area contributed by atoms with Crippen molar-refractivity contribution >= 4 is 11.9 Å². The molecular weight excluding hydrogens is 384 g/mol. The van der Waals surface area contributed by atoms with Crippen LogP contribution in [-0.2, 0) is 28.5 Å². The first-order valence-corrected chi connectivity index (χ1v) is 10.2. The van der Waals surface area contributed by atoms with Crippen LogP contribution >= 0.6 is 0 Å². The number of fused-ring (bicyclic) bond motifs is 1. The first kappa shape index (κ1) is 18.5. The molecule has 0 radical (unpaired) electrons. The molecule has 2 saturated carbocycles. The van der Waals surface area contributed by atoms with Crippen LogP contribution in [0.4, 0.5) is 0 Å². The van der Waals surface area contributed by atoms with E-state index in [0.717, 1.165) is 0 Å². The number of esters is 2. The van der Waals surface area contributed by atoms with E-state index in [4.69, 9.17) is 18.9 Å². The molecule has 6 fully saturated rings. The lowest BCUT2D eigenvalue weighted by Crippen LogP contribution is -2.66. The maximum Gasteiger partial charge on any atom is 0.342 e. The van der Waals surface area contributed by atoms with Gasteiger partial charge in [-0.1, -0.05) is 27.7 Å². The van der Waals surface area contributed by atoms with Crippen molar-refractivity contribution in [3.8, 4) is 0 Å². The van der Waals surface area contributed by atoms with Gasteiger partial charge < -0.3 is 34.3 Å². The number of carbonyl (C=O) groups is 2. The molecular formula is C20H26O9. The molecule has 160 valence electrons. The van der Waals surface area contributed by atoms with E-state index in [-0.39, 0.29) is 17.8 Å². The third-order valence-electron chi connectivity index (χ3n) is 9.12. The fourth-order valence-corrected chi connectivity index (χ4v) is 8.19. The molecule has 11 atom stereocenters. The monoisotopic (exact) mass is 410 g/mol. The van der Waals surface area contributed by atoms with Crippen LogP contribution in [0.15, 0.2) is 0 Å². The molecule has 0 aromatic heterocycles. The van der Waals surface area contributed by atoms with E-state index in [2.05, 4.69) is 0 Å². The van der Waals surface area contributed by atoms with Crippen LogP contribution in [-0.4, -0.2) is 69.4 Å². The Bertz CT molecular complexity index is 851. The molecule has 0 aromatic rings. The highest BCUT2D eigenvalue weighted by Gasteiger charge is 3.00. The predicted molar refractivity (Wildman–Crippen MR) is 91.6 cm³/mol. The first-order chi connectivity index (χ1) is 13.4. The van der Waals surface area contributed by atoms with Gasteiger partial charge in [0.1, 0.15) is 11.7 Å². The minimum absolute atomic E-state index is 0.123. The van der Waals surface area contributed by atoms with Crippen LogP contribution in [0.3, 0.4) is 0 Å². The highest BCUT2D eigenvalue weighted by Crippen LogP contribution is 2.84. The minimum atomic E-state index is -1.88. The first-order valence-electron chi connectivity index (χ1n) is 10.2. The lowest BCUT2D eigenvalue weighted by atomic mass is 9.51. The number of aliphatic hydroxyl groups is 3. The summed E-state index contributed by atoms with van der Waals surface area (Å²) in [5.74, 6) is -2.63. The van der Waals surface area contributed by atoms with E-state index >= 15 is 0 Å². The number of aliphatic hydroxyl groups excluding tert-OH is 2. The van der Waals surface area contributed by atoms with Gasteiger partial charge in [-0.3, -0.25) is 0 Å². The third-order valence-corrected chi connectivity index (χ3v) is 9.12.